The first-order chi connectivity index (χ1) is 26.8. The molecule has 0 saturated carbocycles. The number of hydrogen-bond acceptors (Lipinski definition) is 9. The fraction of sp³-hybridized carbons (Fsp3) is 0.864. The Kier molecular flexibility index (Phi) is 39.5. The molecule has 0 fully saturated rings. The molecular formula is C44H83O10P. The normalized spacial score (nSPS) is 14.1. The maximum Gasteiger partial charge on any atom is 0.472 e. The highest BCUT2D eigenvalue weighted by Crippen LogP contribution is 2.43. The Balaban J connectivity index is 3.91. The van der Waals surface area contributed by atoms with Crippen molar-refractivity contribution in [1.29, 1.82) is 0 Å². The van der Waals surface area contributed by atoms with Gasteiger partial charge in [-0.1, -0.05) is 173 Å². The summed E-state index contributed by atoms with van der Waals surface area (Å²) in [5.74, 6) is -1.02. The van der Waals surface area contributed by atoms with Gasteiger partial charge in [-0.15, -0.1) is 0 Å². The molecule has 0 bridgehead atoms. The first-order valence-corrected chi connectivity index (χ1v) is 23.8. The number of esters is 2. The fourth-order valence-corrected chi connectivity index (χ4v) is 6.99. The minimum absolute atomic E-state index is 0.185. The van der Waals surface area contributed by atoms with Gasteiger partial charge in [0.25, 0.3) is 0 Å². The average Bonchev–Trinajstić information content (AvgIpc) is 3.17. The molecule has 324 valence electrons. The van der Waals surface area contributed by atoms with E-state index in [1.807, 2.05) is 0 Å². The van der Waals surface area contributed by atoms with Crippen LogP contribution in [0, 0.1) is 0 Å². The van der Waals surface area contributed by atoms with Gasteiger partial charge in [-0.25, -0.2) is 4.57 Å². The van der Waals surface area contributed by atoms with Crippen LogP contribution in [0.2, 0.25) is 0 Å². The zero-order chi connectivity index (χ0) is 40.5. The van der Waals surface area contributed by atoms with Crippen molar-refractivity contribution in [2.45, 2.75) is 219 Å². The van der Waals surface area contributed by atoms with Crippen molar-refractivity contribution in [1.82, 2.24) is 0 Å². The zero-order valence-electron chi connectivity index (χ0n) is 35.2. The van der Waals surface area contributed by atoms with Gasteiger partial charge in [0.15, 0.2) is 0 Å². The summed E-state index contributed by atoms with van der Waals surface area (Å²) in [6, 6.07) is 0. The van der Waals surface area contributed by atoms with E-state index in [-0.39, 0.29) is 12.8 Å². The largest absolute Gasteiger partial charge is 0.472 e. The lowest BCUT2D eigenvalue weighted by Gasteiger charge is -2.20. The molecule has 11 heteroatoms. The minimum Gasteiger partial charge on any atom is -0.457 e. The zero-order valence-corrected chi connectivity index (χ0v) is 36.0. The quantitative estimate of drug-likeness (QED) is 0.0236. The molecule has 0 heterocycles. The molecule has 3 N–H and O–H groups in total. The standard InChI is InChI=1S/C44H83O10P/c1-3-5-7-9-11-13-15-17-19-20-21-22-24-26-28-30-32-34-36-44(48)54-42(38-46)40-52-55(49,50)51-39-41(37-45)53-43(47)35-33-31-29-27-25-23-18-16-14-12-10-8-6-4-2/h13,15,19-20,41-42,45-46H,3-12,14,16-18,21-40H2,1-2H3,(H,49,50)/b15-13-,20-19-. The lowest BCUT2D eigenvalue weighted by Crippen LogP contribution is -2.28. The van der Waals surface area contributed by atoms with Gasteiger partial charge < -0.3 is 24.6 Å². The molecule has 0 aliphatic carbocycles. The van der Waals surface area contributed by atoms with E-state index in [0.717, 1.165) is 51.4 Å². The second-order valence-corrected chi connectivity index (χ2v) is 16.5. The Labute approximate surface area is 336 Å². The van der Waals surface area contributed by atoms with Crippen LogP contribution in [0.15, 0.2) is 24.3 Å². The van der Waals surface area contributed by atoms with Gasteiger partial charge in [0.05, 0.1) is 26.4 Å². The highest BCUT2D eigenvalue weighted by Gasteiger charge is 2.27. The highest BCUT2D eigenvalue weighted by molar-refractivity contribution is 7.47. The molecule has 0 aliphatic heterocycles. The number of rotatable bonds is 42. The minimum atomic E-state index is -4.63. The van der Waals surface area contributed by atoms with E-state index in [0.29, 0.717) is 12.8 Å². The van der Waals surface area contributed by atoms with Crippen LogP contribution in [0.3, 0.4) is 0 Å². The summed E-state index contributed by atoms with van der Waals surface area (Å²) in [4.78, 5) is 34.5. The van der Waals surface area contributed by atoms with E-state index in [1.165, 1.54) is 116 Å². The van der Waals surface area contributed by atoms with Crippen molar-refractivity contribution in [3.8, 4) is 0 Å². The number of allylic oxidation sites excluding steroid dienone is 4. The van der Waals surface area contributed by atoms with Gasteiger partial charge >= 0.3 is 19.8 Å². The van der Waals surface area contributed by atoms with Gasteiger partial charge in [0, 0.05) is 12.8 Å². The van der Waals surface area contributed by atoms with Crippen LogP contribution >= 0.6 is 7.82 Å². The maximum atomic E-state index is 12.4. The average molecular weight is 803 g/mol. The molecular weight excluding hydrogens is 719 g/mol. The molecule has 0 radical (unpaired) electrons. The maximum absolute atomic E-state index is 12.4. The van der Waals surface area contributed by atoms with Crippen LogP contribution < -0.4 is 0 Å². The Hall–Kier alpha value is -1.55. The lowest BCUT2D eigenvalue weighted by molar-refractivity contribution is -0.153. The Bertz CT molecular complexity index is 972. The van der Waals surface area contributed by atoms with Crippen LogP contribution in [0.5, 0.6) is 0 Å². The molecule has 0 amide bonds. The number of aliphatic hydroxyl groups excluding tert-OH is 2. The number of carbonyl (C=O) groups is 2. The number of unbranched alkanes of at least 4 members (excludes halogenated alkanes) is 24. The first kappa shape index (κ1) is 53.5. The van der Waals surface area contributed by atoms with E-state index in [4.69, 9.17) is 18.5 Å². The lowest BCUT2D eigenvalue weighted by atomic mass is 10.0. The predicted molar refractivity (Wildman–Crippen MR) is 224 cm³/mol. The summed E-state index contributed by atoms with van der Waals surface area (Å²) in [6.45, 7) is 2.20. The molecule has 0 rings (SSSR count). The topological polar surface area (TPSA) is 149 Å². The first-order valence-electron chi connectivity index (χ1n) is 22.3. The molecule has 0 saturated heterocycles. The van der Waals surface area contributed by atoms with E-state index in [1.54, 1.807) is 0 Å². The second-order valence-electron chi connectivity index (χ2n) is 15.0. The van der Waals surface area contributed by atoms with Crippen LogP contribution in [0.4, 0.5) is 0 Å². The van der Waals surface area contributed by atoms with E-state index >= 15 is 0 Å². The van der Waals surface area contributed by atoms with Crippen molar-refractivity contribution in [2.24, 2.45) is 0 Å². The van der Waals surface area contributed by atoms with E-state index in [2.05, 4.69) is 38.2 Å². The van der Waals surface area contributed by atoms with E-state index < -0.39 is 58.4 Å². The monoisotopic (exact) mass is 803 g/mol. The van der Waals surface area contributed by atoms with Crippen LogP contribution in [-0.4, -0.2) is 65.7 Å². The Morgan fingerprint density at radius 1 is 0.491 bits per heavy atom. The highest BCUT2D eigenvalue weighted by atomic mass is 31.2. The van der Waals surface area contributed by atoms with Gasteiger partial charge in [-0.2, -0.15) is 0 Å². The summed E-state index contributed by atoms with van der Waals surface area (Å²) < 4.78 is 32.6. The Morgan fingerprint density at radius 3 is 1.15 bits per heavy atom. The molecule has 0 aliphatic rings. The third kappa shape index (κ3) is 39.1. The fourth-order valence-electron chi connectivity index (χ4n) is 6.20. The third-order valence-corrected chi connectivity index (χ3v) is 10.6. The summed E-state index contributed by atoms with van der Waals surface area (Å²) in [5, 5.41) is 19.2. The number of aliphatic hydroxyl groups is 2. The summed E-state index contributed by atoms with van der Waals surface area (Å²) in [7, 11) is -4.63. The summed E-state index contributed by atoms with van der Waals surface area (Å²) in [5.41, 5.74) is 0. The van der Waals surface area contributed by atoms with E-state index in [9.17, 15) is 29.3 Å². The van der Waals surface area contributed by atoms with Crippen LogP contribution in [-0.2, 0) is 32.7 Å². The summed E-state index contributed by atoms with van der Waals surface area (Å²) in [6.07, 6.45) is 40.0. The van der Waals surface area contributed by atoms with Crippen molar-refractivity contribution < 1.29 is 47.8 Å². The van der Waals surface area contributed by atoms with Crippen molar-refractivity contribution in [3.05, 3.63) is 24.3 Å². The van der Waals surface area contributed by atoms with Gasteiger partial charge in [0.1, 0.15) is 12.2 Å². The van der Waals surface area contributed by atoms with Gasteiger partial charge in [-0.3, -0.25) is 18.6 Å². The number of hydrogen-bond donors (Lipinski definition) is 3. The molecule has 3 unspecified atom stereocenters. The van der Waals surface area contributed by atoms with Crippen molar-refractivity contribution in [2.75, 3.05) is 26.4 Å². The molecule has 0 aromatic heterocycles. The molecule has 0 spiro atoms. The summed E-state index contributed by atoms with van der Waals surface area (Å²) >= 11 is 0. The molecule has 10 nitrogen and oxygen atoms in total. The number of carbonyl (C=O) groups excluding carboxylic acids is 2. The molecule has 55 heavy (non-hydrogen) atoms. The van der Waals surface area contributed by atoms with Crippen molar-refractivity contribution >= 4 is 19.8 Å². The second kappa shape index (κ2) is 40.6. The molecule has 0 aromatic rings. The van der Waals surface area contributed by atoms with Gasteiger partial charge in [0.2, 0.25) is 0 Å². The molecule has 3 atom stereocenters. The number of ether oxygens (including phenoxy) is 2. The molecule has 0 aromatic carbocycles. The SMILES string of the molecule is CCCCCC/C=C\C/C=C\CCCCCCCCCC(=O)OC(CO)COP(=O)(O)OCC(CO)OC(=O)CCCCCCCCCCCCCCCC. The number of phosphoric ester groups is 1. The smallest absolute Gasteiger partial charge is 0.457 e. The van der Waals surface area contributed by atoms with Gasteiger partial charge in [-0.05, 0) is 44.9 Å². The third-order valence-electron chi connectivity index (χ3n) is 9.67. The van der Waals surface area contributed by atoms with Crippen molar-refractivity contribution in [3.63, 3.8) is 0 Å². The predicted octanol–water partition coefficient (Wildman–Crippen LogP) is 11.8. The van der Waals surface area contributed by atoms with Crippen LogP contribution in [0.1, 0.15) is 206 Å². The van der Waals surface area contributed by atoms with Crippen LogP contribution in [0.25, 0.3) is 0 Å². The Morgan fingerprint density at radius 2 is 0.800 bits per heavy atom. The number of phosphoric acid groups is 1.